The summed E-state index contributed by atoms with van der Waals surface area (Å²) in [6.45, 7) is 20.3. The van der Waals surface area contributed by atoms with E-state index in [0.717, 1.165) is 0 Å². The molecule has 1 rings (SSSR count). The van der Waals surface area contributed by atoms with Crippen LogP contribution in [0.4, 0.5) is 0 Å². The molecule has 0 spiro atoms. The Morgan fingerprint density at radius 2 is 1.04 bits per heavy atom. The van der Waals surface area contributed by atoms with Crippen LogP contribution in [0.2, 0.25) is 13.1 Å². The van der Waals surface area contributed by atoms with E-state index in [9.17, 15) is 0 Å². The van der Waals surface area contributed by atoms with E-state index < -0.39 is 8.24 Å². The summed E-state index contributed by atoms with van der Waals surface area (Å²) in [5.41, 5.74) is 4.46. The van der Waals surface area contributed by atoms with Gasteiger partial charge in [-0.2, -0.15) is 28.2 Å². The maximum atomic E-state index is 5.13. The minimum absolute atomic E-state index is 0. The smallest absolute Gasteiger partial charge is 0.668 e. The molecular weight excluding hydrogens is 536 g/mol. The molecule has 138 valence electrons. The predicted octanol–water partition coefficient (Wildman–Crippen LogP) is 6.40. The predicted molar refractivity (Wildman–Crippen MR) is 111 cm³/mol. The van der Waals surface area contributed by atoms with Gasteiger partial charge in [0.15, 0.2) is 0 Å². The first kappa shape index (κ1) is 29.4. The van der Waals surface area contributed by atoms with Crippen molar-refractivity contribution in [2.75, 3.05) is 28.2 Å². The van der Waals surface area contributed by atoms with Crippen LogP contribution in [0.5, 0.6) is 0 Å². The first-order valence-corrected chi connectivity index (χ1v) is 11.2. The molecule has 0 bridgehead atoms. The first-order valence-electron chi connectivity index (χ1n) is 8.24. The molecule has 0 amide bonds. The maximum absolute atomic E-state index is 5.13. The van der Waals surface area contributed by atoms with Gasteiger partial charge in [0, 0.05) is 5.92 Å². The number of allylic oxidation sites excluding steroid dienone is 4. The van der Waals surface area contributed by atoms with E-state index in [1.54, 1.807) is 33.4 Å². The van der Waals surface area contributed by atoms with Crippen molar-refractivity contribution in [3.8, 4) is 0 Å². The first-order chi connectivity index (χ1) is 10.3. The molecule has 0 saturated heterocycles. The van der Waals surface area contributed by atoms with Crippen molar-refractivity contribution in [3.05, 3.63) is 43.4 Å². The minimum Gasteiger partial charge on any atom is -0.668 e. The fourth-order valence-electron chi connectivity index (χ4n) is 3.03. The Kier molecular flexibility index (Phi) is 15.8. The van der Waals surface area contributed by atoms with Crippen molar-refractivity contribution in [1.29, 1.82) is 0 Å². The van der Waals surface area contributed by atoms with Crippen LogP contribution in [-0.2, 0) is 0 Å². The molecule has 0 fully saturated rings. The topological polar surface area (TPSA) is 42.3 Å². The number of hydrogen-bond acceptors (Lipinski definition) is 0. The van der Waals surface area contributed by atoms with Crippen LogP contribution in [0.3, 0.4) is 0 Å². The average Bonchev–Trinajstić information content (AvgIpc) is 2.53. The van der Waals surface area contributed by atoms with Crippen LogP contribution in [0.1, 0.15) is 48.5 Å². The van der Waals surface area contributed by atoms with Gasteiger partial charge in [-0.1, -0.05) is 57.1 Å². The van der Waals surface area contributed by atoms with Crippen LogP contribution < -0.4 is 0 Å². The third-order valence-corrected chi connectivity index (χ3v) is 6.87. The molecule has 24 heavy (non-hydrogen) atoms. The summed E-state index contributed by atoms with van der Waals surface area (Å²) in [6.07, 6.45) is 0. The third-order valence-electron chi connectivity index (χ3n) is 3.66. The normalized spacial score (nSPS) is 15.4. The molecule has 0 saturated carbocycles. The molecule has 0 aliphatic heterocycles. The Morgan fingerprint density at radius 3 is 1.25 bits per heavy atom. The Balaban J connectivity index is -0.000000550. The van der Waals surface area contributed by atoms with Gasteiger partial charge in [0.1, 0.15) is 0 Å². The summed E-state index contributed by atoms with van der Waals surface area (Å²) in [5, 5.41) is 8.56. The average molecular weight is 576 g/mol. The van der Waals surface area contributed by atoms with Crippen LogP contribution in [0.25, 0.3) is 15.6 Å². The van der Waals surface area contributed by atoms with Gasteiger partial charge in [0.25, 0.3) is 0 Å². The van der Waals surface area contributed by atoms with Gasteiger partial charge < -0.3 is 15.6 Å². The molecule has 1 aliphatic carbocycles. The fourth-order valence-corrected chi connectivity index (χ4v) is 7.03. The Morgan fingerprint density at radius 1 is 0.708 bits per heavy atom. The molecular formula is C19H39N3SiU. The molecule has 0 aromatic heterocycles. The van der Waals surface area contributed by atoms with Crippen LogP contribution >= 0.6 is 0 Å². The Bertz CT molecular complexity index is 419. The molecule has 2 radical (unpaired) electrons. The summed E-state index contributed by atoms with van der Waals surface area (Å²) in [5.74, 6) is 1.48. The second-order valence-electron chi connectivity index (χ2n) is 7.61. The van der Waals surface area contributed by atoms with Gasteiger partial charge >= 0.3 is 31.1 Å². The molecule has 1 aliphatic rings. The van der Waals surface area contributed by atoms with Crippen molar-refractivity contribution in [3.63, 3.8) is 0 Å². The standard InChI is InChI=1S/C15H27NSi.2C2H6N.U/c1-10-11(2)13(4)14(12(10)3)17(8,9)16-15(5,6)7;2*1-3-2;/h1-9H3;2*1-2H3;/q3*-1;+3. The van der Waals surface area contributed by atoms with Crippen LogP contribution in [-0.4, -0.2) is 42.0 Å². The largest absolute Gasteiger partial charge is 3.00 e. The van der Waals surface area contributed by atoms with Crippen LogP contribution in [0, 0.1) is 37.0 Å². The quantitative estimate of drug-likeness (QED) is 0.342. The number of nitrogens with zero attached hydrogens (tertiary/aromatic N) is 3. The summed E-state index contributed by atoms with van der Waals surface area (Å²) in [7, 11) is 5.31. The minimum atomic E-state index is -1.69. The van der Waals surface area contributed by atoms with Crippen LogP contribution in [0.15, 0.2) is 21.9 Å². The van der Waals surface area contributed by atoms with E-state index in [1.165, 1.54) is 22.6 Å². The molecule has 0 heterocycles. The SMILES string of the molecule is C[C]1C(C)=C(C)C(C)=C1[Si](C)(C)[N-]C(C)(C)C.C[N-]C.C[N-]C.[U+3]. The van der Waals surface area contributed by atoms with Gasteiger partial charge in [-0.3, -0.25) is 0 Å². The van der Waals surface area contributed by atoms with E-state index in [1.807, 2.05) is 0 Å². The van der Waals surface area contributed by atoms with E-state index in [4.69, 9.17) is 4.98 Å². The summed E-state index contributed by atoms with van der Waals surface area (Å²) in [6, 6.07) is 0. The zero-order chi connectivity index (χ0) is 19.0. The number of hydrogen-bond donors (Lipinski definition) is 0. The van der Waals surface area contributed by atoms with E-state index in [-0.39, 0.29) is 36.7 Å². The molecule has 3 nitrogen and oxygen atoms in total. The molecule has 5 heteroatoms. The number of rotatable bonds is 2. The van der Waals surface area contributed by atoms with Crippen molar-refractivity contribution in [2.24, 2.45) is 0 Å². The third kappa shape index (κ3) is 9.94. The van der Waals surface area contributed by atoms with Gasteiger partial charge in [-0.15, -0.1) is 5.54 Å². The van der Waals surface area contributed by atoms with Crippen molar-refractivity contribution in [1.82, 2.24) is 0 Å². The van der Waals surface area contributed by atoms with E-state index >= 15 is 0 Å². The molecule has 0 atom stereocenters. The molecule has 0 aromatic rings. The van der Waals surface area contributed by atoms with E-state index in [0.29, 0.717) is 0 Å². The van der Waals surface area contributed by atoms with Crippen molar-refractivity contribution < 1.29 is 31.1 Å². The Labute approximate surface area is 177 Å². The Hall–Kier alpha value is 0.629. The van der Waals surface area contributed by atoms with Gasteiger partial charge in [-0.05, 0) is 34.6 Å². The zero-order valence-electron chi connectivity index (χ0n) is 18.3. The van der Waals surface area contributed by atoms with Gasteiger partial charge in [0.05, 0.1) is 0 Å². The maximum Gasteiger partial charge on any atom is 3.00 e. The van der Waals surface area contributed by atoms with E-state index in [2.05, 4.69) is 72.2 Å². The molecule has 0 N–H and O–H groups in total. The summed E-state index contributed by atoms with van der Waals surface area (Å²) < 4.78 is 0. The molecule has 0 aromatic carbocycles. The summed E-state index contributed by atoms with van der Waals surface area (Å²) in [4.78, 5) is 5.13. The summed E-state index contributed by atoms with van der Waals surface area (Å²) >= 11 is 0. The van der Waals surface area contributed by atoms with Crippen molar-refractivity contribution in [2.45, 2.75) is 67.1 Å². The monoisotopic (exact) mass is 575 g/mol. The zero-order valence-corrected chi connectivity index (χ0v) is 23.5. The van der Waals surface area contributed by atoms with Crippen molar-refractivity contribution >= 4 is 8.24 Å². The second-order valence-corrected chi connectivity index (χ2v) is 11.5. The van der Waals surface area contributed by atoms with Gasteiger partial charge in [0.2, 0.25) is 0 Å². The fraction of sp³-hybridized carbons (Fsp3) is 0.737. The van der Waals surface area contributed by atoms with Gasteiger partial charge in [-0.25, -0.2) is 0 Å². The second kappa shape index (κ2) is 12.9. The molecule has 0 unspecified atom stereocenters.